The van der Waals surface area contributed by atoms with E-state index in [0.717, 1.165) is 54.0 Å². The number of hydrogen-bond acceptors (Lipinski definition) is 4. The van der Waals surface area contributed by atoms with Crippen molar-refractivity contribution in [2.75, 3.05) is 38.1 Å². The average molecular weight is 384 g/mol. The van der Waals surface area contributed by atoms with Gasteiger partial charge in [-0.1, -0.05) is 54.6 Å². The molecular formula is C24H24N4O. The van der Waals surface area contributed by atoms with Crippen LogP contribution in [0.5, 0.6) is 0 Å². The summed E-state index contributed by atoms with van der Waals surface area (Å²) in [5, 5.41) is 2.85. The quantitative estimate of drug-likeness (QED) is 0.508. The molecule has 0 spiro atoms. The lowest BCUT2D eigenvalue weighted by Gasteiger charge is -2.34. The number of anilines is 1. The van der Waals surface area contributed by atoms with Crippen LogP contribution >= 0.6 is 0 Å². The summed E-state index contributed by atoms with van der Waals surface area (Å²) in [5.41, 5.74) is 1.90. The average Bonchev–Trinajstić information content (AvgIpc) is 2.76. The van der Waals surface area contributed by atoms with Crippen LogP contribution in [0.1, 0.15) is 5.56 Å². The van der Waals surface area contributed by atoms with Crippen molar-refractivity contribution in [3.05, 3.63) is 82.6 Å². The largest absolute Gasteiger partial charge is 0.340 e. The van der Waals surface area contributed by atoms with Gasteiger partial charge < -0.3 is 9.80 Å². The predicted octanol–water partition coefficient (Wildman–Crippen LogP) is 3.35. The minimum absolute atomic E-state index is 0.0264. The molecule has 0 aliphatic carbocycles. The number of nitrogens with zero attached hydrogens (tertiary/aromatic N) is 4. The second-order valence-corrected chi connectivity index (χ2v) is 7.80. The molecule has 0 N–H and O–H groups in total. The first-order valence-electron chi connectivity index (χ1n) is 10.1. The van der Waals surface area contributed by atoms with Crippen LogP contribution in [0, 0.1) is 0 Å². The fraction of sp³-hybridized carbons (Fsp3) is 0.250. The topological polar surface area (TPSA) is 41.4 Å². The normalized spacial score (nSPS) is 15.3. The molecule has 29 heavy (non-hydrogen) atoms. The maximum atomic E-state index is 13.6. The molecule has 1 saturated heterocycles. The zero-order valence-electron chi connectivity index (χ0n) is 16.6. The smallest absolute Gasteiger partial charge is 0.263 e. The SMILES string of the molecule is CN1CCN(c2nc3cc4ccccc4cc3c(=O)n2Cc2ccccc2)CC1. The Morgan fingerprint density at radius 1 is 0.862 bits per heavy atom. The summed E-state index contributed by atoms with van der Waals surface area (Å²) in [6.07, 6.45) is 0. The van der Waals surface area contributed by atoms with E-state index >= 15 is 0 Å². The highest BCUT2D eigenvalue weighted by molar-refractivity contribution is 5.96. The third kappa shape index (κ3) is 3.38. The van der Waals surface area contributed by atoms with Gasteiger partial charge in [0.1, 0.15) is 0 Å². The molecule has 2 heterocycles. The number of likely N-dealkylation sites (N-methyl/N-ethyl adjacent to an activating group) is 1. The second kappa shape index (κ2) is 7.33. The van der Waals surface area contributed by atoms with Crippen molar-refractivity contribution in [1.82, 2.24) is 14.5 Å². The molecule has 1 fully saturated rings. The summed E-state index contributed by atoms with van der Waals surface area (Å²) in [7, 11) is 2.13. The minimum atomic E-state index is 0.0264. The van der Waals surface area contributed by atoms with Crippen LogP contribution in [0.15, 0.2) is 71.5 Å². The van der Waals surface area contributed by atoms with E-state index in [2.05, 4.69) is 35.0 Å². The Hall–Kier alpha value is -3.18. The Morgan fingerprint density at radius 3 is 2.24 bits per heavy atom. The molecule has 5 nitrogen and oxygen atoms in total. The zero-order valence-corrected chi connectivity index (χ0v) is 16.6. The van der Waals surface area contributed by atoms with Crippen LogP contribution in [0.2, 0.25) is 0 Å². The molecule has 0 saturated carbocycles. The van der Waals surface area contributed by atoms with Crippen molar-refractivity contribution in [1.29, 1.82) is 0 Å². The van der Waals surface area contributed by atoms with Gasteiger partial charge in [-0.25, -0.2) is 4.98 Å². The molecule has 0 atom stereocenters. The van der Waals surface area contributed by atoms with E-state index in [0.29, 0.717) is 11.9 Å². The molecule has 0 amide bonds. The fourth-order valence-electron chi connectivity index (χ4n) is 4.05. The summed E-state index contributed by atoms with van der Waals surface area (Å²) in [6, 6.07) is 22.3. The molecule has 4 aromatic rings. The lowest BCUT2D eigenvalue weighted by Crippen LogP contribution is -2.46. The third-order valence-corrected chi connectivity index (χ3v) is 5.77. The van der Waals surface area contributed by atoms with Crippen molar-refractivity contribution < 1.29 is 0 Å². The molecule has 0 bridgehead atoms. The highest BCUT2D eigenvalue weighted by Gasteiger charge is 2.21. The van der Waals surface area contributed by atoms with Gasteiger partial charge in [0.25, 0.3) is 5.56 Å². The zero-order chi connectivity index (χ0) is 19.8. The van der Waals surface area contributed by atoms with Gasteiger partial charge in [0, 0.05) is 26.2 Å². The maximum absolute atomic E-state index is 13.6. The minimum Gasteiger partial charge on any atom is -0.340 e. The Bertz CT molecular complexity index is 1220. The number of piperazine rings is 1. The van der Waals surface area contributed by atoms with Crippen LogP contribution in [0.4, 0.5) is 5.95 Å². The molecule has 5 rings (SSSR count). The summed E-state index contributed by atoms with van der Waals surface area (Å²) in [5.74, 6) is 0.773. The van der Waals surface area contributed by atoms with E-state index in [-0.39, 0.29) is 5.56 Å². The summed E-state index contributed by atoms with van der Waals surface area (Å²) < 4.78 is 1.84. The van der Waals surface area contributed by atoms with Crippen molar-refractivity contribution in [3.63, 3.8) is 0 Å². The van der Waals surface area contributed by atoms with Gasteiger partial charge in [0.2, 0.25) is 5.95 Å². The number of benzene rings is 3. The second-order valence-electron chi connectivity index (χ2n) is 7.80. The first kappa shape index (κ1) is 17.9. The lowest BCUT2D eigenvalue weighted by atomic mass is 10.1. The molecule has 1 aliphatic rings. The van der Waals surface area contributed by atoms with Crippen molar-refractivity contribution in [2.24, 2.45) is 0 Å². The number of aromatic nitrogens is 2. The maximum Gasteiger partial charge on any atom is 0.263 e. The summed E-state index contributed by atoms with van der Waals surface area (Å²) >= 11 is 0. The van der Waals surface area contributed by atoms with Gasteiger partial charge in [-0.2, -0.15) is 0 Å². The van der Waals surface area contributed by atoms with Gasteiger partial charge in [0.15, 0.2) is 0 Å². The van der Waals surface area contributed by atoms with Gasteiger partial charge in [-0.15, -0.1) is 0 Å². The Morgan fingerprint density at radius 2 is 1.52 bits per heavy atom. The Kier molecular flexibility index (Phi) is 4.52. The van der Waals surface area contributed by atoms with Crippen LogP contribution in [0.3, 0.4) is 0 Å². The Labute approximate surface area is 169 Å². The number of hydrogen-bond donors (Lipinski definition) is 0. The molecule has 3 aromatic carbocycles. The van der Waals surface area contributed by atoms with Crippen LogP contribution in [0.25, 0.3) is 21.7 Å². The number of fused-ring (bicyclic) bond motifs is 2. The lowest BCUT2D eigenvalue weighted by molar-refractivity contribution is 0.309. The monoisotopic (exact) mass is 384 g/mol. The van der Waals surface area contributed by atoms with Gasteiger partial charge >= 0.3 is 0 Å². The standard InChI is InChI=1S/C24H24N4O/c1-26-11-13-27(14-12-26)24-25-22-16-20-10-6-5-9-19(20)15-21(22)23(29)28(24)17-18-7-3-2-4-8-18/h2-10,15-16H,11-14,17H2,1H3. The third-order valence-electron chi connectivity index (χ3n) is 5.77. The summed E-state index contributed by atoms with van der Waals surface area (Å²) in [4.78, 5) is 23.2. The molecular weight excluding hydrogens is 360 g/mol. The molecule has 5 heteroatoms. The molecule has 1 aromatic heterocycles. The van der Waals surface area contributed by atoms with Crippen LogP contribution in [-0.4, -0.2) is 47.7 Å². The van der Waals surface area contributed by atoms with Gasteiger partial charge in [-0.05, 0) is 35.5 Å². The molecule has 146 valence electrons. The summed E-state index contributed by atoms with van der Waals surface area (Å²) in [6.45, 7) is 4.21. The van der Waals surface area contributed by atoms with Gasteiger partial charge in [-0.3, -0.25) is 9.36 Å². The van der Waals surface area contributed by atoms with Crippen LogP contribution < -0.4 is 10.5 Å². The number of rotatable bonds is 3. The molecule has 0 unspecified atom stereocenters. The molecule has 1 aliphatic heterocycles. The van der Waals surface area contributed by atoms with Crippen molar-refractivity contribution in [2.45, 2.75) is 6.54 Å². The van der Waals surface area contributed by atoms with E-state index in [9.17, 15) is 4.79 Å². The fourth-order valence-corrected chi connectivity index (χ4v) is 4.05. The molecule has 0 radical (unpaired) electrons. The van der Waals surface area contributed by atoms with E-state index in [1.165, 1.54) is 0 Å². The Balaban J connectivity index is 1.71. The highest BCUT2D eigenvalue weighted by atomic mass is 16.1. The van der Waals surface area contributed by atoms with Crippen LogP contribution in [-0.2, 0) is 6.54 Å². The highest BCUT2D eigenvalue weighted by Crippen LogP contribution is 2.23. The van der Waals surface area contributed by atoms with E-state index < -0.39 is 0 Å². The van der Waals surface area contributed by atoms with E-state index in [4.69, 9.17) is 4.98 Å². The van der Waals surface area contributed by atoms with Gasteiger partial charge in [0.05, 0.1) is 17.4 Å². The first-order valence-corrected chi connectivity index (χ1v) is 10.1. The van der Waals surface area contributed by atoms with E-state index in [1.54, 1.807) is 0 Å². The van der Waals surface area contributed by atoms with E-state index in [1.807, 2.05) is 53.1 Å². The first-order chi connectivity index (χ1) is 14.2. The van der Waals surface area contributed by atoms with Crippen molar-refractivity contribution in [3.8, 4) is 0 Å². The predicted molar refractivity (Wildman–Crippen MR) is 119 cm³/mol. The van der Waals surface area contributed by atoms with Crippen molar-refractivity contribution >= 4 is 27.6 Å².